The Balaban J connectivity index is 1.42. The van der Waals surface area contributed by atoms with Crippen LogP contribution in [0.25, 0.3) is 0 Å². The van der Waals surface area contributed by atoms with E-state index in [0.29, 0.717) is 43.4 Å². The van der Waals surface area contributed by atoms with Gasteiger partial charge in [0.05, 0.1) is 12.0 Å². The zero-order valence-corrected chi connectivity index (χ0v) is 19.9. The van der Waals surface area contributed by atoms with Crippen LogP contribution < -0.4 is 14.8 Å². The van der Waals surface area contributed by atoms with Crippen LogP contribution in [0.1, 0.15) is 59.2 Å². The Morgan fingerprint density at radius 3 is 2.25 bits per heavy atom. The molecule has 0 heterocycles. The van der Waals surface area contributed by atoms with E-state index in [9.17, 15) is 27.6 Å². The van der Waals surface area contributed by atoms with Crippen LogP contribution in [-0.4, -0.2) is 41.8 Å². The van der Waals surface area contributed by atoms with E-state index in [1.807, 2.05) is 0 Å². The van der Waals surface area contributed by atoms with Gasteiger partial charge in [-0.25, -0.2) is 0 Å². The summed E-state index contributed by atoms with van der Waals surface area (Å²) in [5.41, 5.74) is 0.382. The minimum Gasteiger partial charge on any atom is -0.490 e. The zero-order chi connectivity index (χ0) is 26.3. The SMILES string of the molecule is O=C(CCCNC(=O)c1cc(Cl)cc(OC(F)(F)F)c1)c1ccc(OC2CCC(C(=O)O)CC2)cc1. The highest BCUT2D eigenvalue weighted by Crippen LogP contribution is 2.29. The molecular weight excluding hydrogens is 503 g/mol. The molecule has 1 aliphatic rings. The molecule has 0 aliphatic heterocycles. The average Bonchev–Trinajstić information content (AvgIpc) is 2.81. The van der Waals surface area contributed by atoms with Crippen LogP contribution in [0.3, 0.4) is 0 Å². The first-order valence-corrected chi connectivity index (χ1v) is 11.8. The van der Waals surface area contributed by atoms with Crippen molar-refractivity contribution in [3.05, 3.63) is 58.6 Å². The van der Waals surface area contributed by atoms with Gasteiger partial charge in [-0.3, -0.25) is 14.4 Å². The number of rotatable bonds is 10. The van der Waals surface area contributed by atoms with E-state index in [4.69, 9.17) is 21.4 Å². The maximum absolute atomic E-state index is 12.4. The second kappa shape index (κ2) is 12.1. The van der Waals surface area contributed by atoms with Crippen molar-refractivity contribution in [3.63, 3.8) is 0 Å². The number of halogens is 4. The number of Topliss-reactive ketones (excluding diaryl/α,β-unsaturated/α-hetero) is 1. The van der Waals surface area contributed by atoms with E-state index >= 15 is 0 Å². The molecule has 2 aromatic carbocycles. The summed E-state index contributed by atoms with van der Waals surface area (Å²) in [6, 6.07) is 9.77. The third kappa shape index (κ3) is 8.44. The van der Waals surface area contributed by atoms with E-state index in [2.05, 4.69) is 10.1 Å². The number of ketones is 1. The summed E-state index contributed by atoms with van der Waals surface area (Å²) < 4.78 is 46.9. The van der Waals surface area contributed by atoms with E-state index < -0.39 is 24.0 Å². The Hall–Kier alpha value is -3.27. The molecule has 2 N–H and O–H groups in total. The van der Waals surface area contributed by atoms with Crippen LogP contribution in [0, 0.1) is 5.92 Å². The highest BCUT2D eigenvalue weighted by Gasteiger charge is 2.31. The topological polar surface area (TPSA) is 102 Å². The van der Waals surface area contributed by atoms with Gasteiger partial charge >= 0.3 is 12.3 Å². The van der Waals surface area contributed by atoms with Gasteiger partial charge in [-0.1, -0.05) is 11.6 Å². The van der Waals surface area contributed by atoms with Crippen molar-refractivity contribution in [1.82, 2.24) is 5.32 Å². The molecule has 36 heavy (non-hydrogen) atoms. The molecule has 3 rings (SSSR count). The number of carboxylic acids is 1. The van der Waals surface area contributed by atoms with Gasteiger partial charge in [-0.15, -0.1) is 13.2 Å². The number of amides is 1. The third-order valence-corrected chi connectivity index (χ3v) is 5.95. The lowest BCUT2D eigenvalue weighted by atomic mass is 9.87. The minimum atomic E-state index is -4.91. The fourth-order valence-electron chi connectivity index (χ4n) is 3.92. The van der Waals surface area contributed by atoms with E-state index in [-0.39, 0.29) is 41.4 Å². The standard InChI is InChI=1S/C25H25ClF3NO6/c26-18-12-17(13-21(14-18)36-25(27,28)29)23(32)30-11-1-2-22(31)15-3-7-19(8-4-15)35-20-9-5-16(6-10-20)24(33)34/h3-4,7-8,12-14,16,20H,1-2,5-6,9-11H2,(H,30,32)(H,33,34). The number of carbonyl (C=O) groups excluding carboxylic acids is 2. The predicted molar refractivity (Wildman–Crippen MR) is 124 cm³/mol. The van der Waals surface area contributed by atoms with Crippen LogP contribution in [0.4, 0.5) is 13.2 Å². The molecule has 0 radical (unpaired) electrons. The summed E-state index contributed by atoms with van der Waals surface area (Å²) in [5.74, 6) is -1.87. The van der Waals surface area contributed by atoms with Gasteiger partial charge in [0.25, 0.3) is 5.91 Å². The molecule has 1 saturated carbocycles. The Bertz CT molecular complexity index is 1080. The number of carboxylic acid groups (broad SMARTS) is 1. The molecule has 0 spiro atoms. The number of carbonyl (C=O) groups is 3. The molecule has 0 atom stereocenters. The smallest absolute Gasteiger partial charge is 0.490 e. The number of ether oxygens (including phenoxy) is 2. The number of alkyl halides is 3. The minimum absolute atomic E-state index is 0.0543. The molecule has 0 unspecified atom stereocenters. The van der Waals surface area contributed by atoms with E-state index in [0.717, 1.165) is 12.1 Å². The first kappa shape index (κ1) is 27.3. The first-order chi connectivity index (χ1) is 17.0. The highest BCUT2D eigenvalue weighted by molar-refractivity contribution is 6.31. The predicted octanol–water partition coefficient (Wildman–Crippen LogP) is 5.65. The lowest BCUT2D eigenvalue weighted by molar-refractivity contribution is -0.274. The number of hydrogen-bond acceptors (Lipinski definition) is 5. The quantitative estimate of drug-likeness (QED) is 0.306. The van der Waals surface area contributed by atoms with Crippen LogP contribution >= 0.6 is 11.6 Å². The molecule has 11 heteroatoms. The largest absolute Gasteiger partial charge is 0.573 e. The van der Waals surface area contributed by atoms with Crippen LogP contribution in [0.5, 0.6) is 11.5 Å². The maximum atomic E-state index is 12.4. The molecule has 1 amide bonds. The second-order valence-electron chi connectivity index (χ2n) is 8.46. The van der Waals surface area contributed by atoms with Crippen molar-refractivity contribution in [2.75, 3.05) is 6.54 Å². The Kier molecular flexibility index (Phi) is 9.19. The Morgan fingerprint density at radius 2 is 1.64 bits per heavy atom. The molecular formula is C25H25ClF3NO6. The summed E-state index contributed by atoms with van der Waals surface area (Å²) in [6.07, 6.45) is -2.02. The van der Waals surface area contributed by atoms with Crippen molar-refractivity contribution in [1.29, 1.82) is 0 Å². The van der Waals surface area contributed by atoms with Gasteiger partial charge in [-0.05, 0) is 74.6 Å². The molecule has 1 fully saturated rings. The Morgan fingerprint density at radius 1 is 0.972 bits per heavy atom. The summed E-state index contributed by atoms with van der Waals surface area (Å²) in [7, 11) is 0. The van der Waals surface area contributed by atoms with E-state index in [1.165, 1.54) is 6.07 Å². The molecule has 0 aromatic heterocycles. The van der Waals surface area contributed by atoms with E-state index in [1.54, 1.807) is 24.3 Å². The van der Waals surface area contributed by atoms with Gasteiger partial charge in [0.2, 0.25) is 0 Å². The fraction of sp³-hybridized carbons (Fsp3) is 0.400. The maximum Gasteiger partial charge on any atom is 0.573 e. The fourth-order valence-corrected chi connectivity index (χ4v) is 4.15. The van der Waals surface area contributed by atoms with Crippen LogP contribution in [0.2, 0.25) is 5.02 Å². The lowest BCUT2D eigenvalue weighted by Gasteiger charge is -2.26. The zero-order valence-electron chi connectivity index (χ0n) is 19.1. The summed E-state index contributed by atoms with van der Waals surface area (Å²) in [6.45, 7) is 0.132. The second-order valence-corrected chi connectivity index (χ2v) is 8.90. The van der Waals surface area contributed by atoms with Crippen molar-refractivity contribution in [3.8, 4) is 11.5 Å². The van der Waals surface area contributed by atoms with Crippen LogP contribution in [0.15, 0.2) is 42.5 Å². The summed E-state index contributed by atoms with van der Waals surface area (Å²) in [4.78, 5) is 35.7. The molecule has 0 saturated heterocycles. The molecule has 1 aliphatic carbocycles. The summed E-state index contributed by atoms with van der Waals surface area (Å²) in [5, 5.41) is 11.5. The molecule has 7 nitrogen and oxygen atoms in total. The number of benzene rings is 2. The molecule has 2 aromatic rings. The van der Waals surface area contributed by atoms with Crippen molar-refractivity contribution >= 4 is 29.3 Å². The summed E-state index contributed by atoms with van der Waals surface area (Å²) >= 11 is 5.77. The normalized spacial score (nSPS) is 17.8. The first-order valence-electron chi connectivity index (χ1n) is 11.4. The van der Waals surface area contributed by atoms with Crippen LogP contribution in [-0.2, 0) is 4.79 Å². The van der Waals surface area contributed by atoms with Gasteiger partial charge in [-0.2, -0.15) is 0 Å². The third-order valence-electron chi connectivity index (χ3n) is 5.74. The van der Waals surface area contributed by atoms with Gasteiger partial charge < -0.3 is 19.9 Å². The van der Waals surface area contributed by atoms with Gasteiger partial charge in [0, 0.05) is 29.1 Å². The number of nitrogens with one attached hydrogen (secondary N) is 1. The molecule has 0 bridgehead atoms. The van der Waals surface area contributed by atoms with Crippen molar-refractivity contribution in [2.45, 2.75) is 51.0 Å². The monoisotopic (exact) mass is 527 g/mol. The molecule has 194 valence electrons. The number of aliphatic carboxylic acids is 1. The Labute approximate surface area is 210 Å². The van der Waals surface area contributed by atoms with Crippen molar-refractivity contribution < 1.29 is 42.1 Å². The number of hydrogen-bond donors (Lipinski definition) is 2. The van der Waals surface area contributed by atoms with Crippen molar-refractivity contribution in [2.24, 2.45) is 5.92 Å². The van der Waals surface area contributed by atoms with Gasteiger partial charge in [0.1, 0.15) is 11.5 Å². The average molecular weight is 528 g/mol. The highest BCUT2D eigenvalue weighted by atomic mass is 35.5. The lowest BCUT2D eigenvalue weighted by Crippen LogP contribution is -2.27. The van der Waals surface area contributed by atoms with Gasteiger partial charge in [0.15, 0.2) is 5.78 Å².